The molecule has 0 spiro atoms. The van der Waals surface area contributed by atoms with Gasteiger partial charge in [0.05, 0.1) is 0 Å². The molecule has 0 atom stereocenters. The van der Waals surface area contributed by atoms with E-state index >= 15 is 0 Å². The molecule has 2 aromatic rings. The molecule has 2 aromatic heterocycles. The molecule has 8 heteroatoms. The van der Waals surface area contributed by atoms with Gasteiger partial charge in [0.15, 0.2) is 0 Å². The molecule has 94 valence electrons. The number of nitrogens with zero attached hydrogens (tertiary/aromatic N) is 6. The van der Waals surface area contributed by atoms with E-state index in [1.54, 1.807) is 0 Å². The van der Waals surface area contributed by atoms with Gasteiger partial charge in [0.1, 0.15) is 12.7 Å². The van der Waals surface area contributed by atoms with E-state index in [0.29, 0.717) is 11.9 Å². The van der Waals surface area contributed by atoms with Crippen LogP contribution in [0.4, 0.5) is 5.95 Å². The van der Waals surface area contributed by atoms with Crippen molar-refractivity contribution < 1.29 is 0 Å². The van der Waals surface area contributed by atoms with E-state index < -0.39 is 0 Å². The zero-order valence-electron chi connectivity index (χ0n) is 9.62. The van der Waals surface area contributed by atoms with Gasteiger partial charge in [-0.2, -0.15) is 24.7 Å². The average molecular weight is 266 g/mol. The van der Waals surface area contributed by atoms with Crippen LogP contribution in [0.25, 0.3) is 5.95 Å². The normalized spacial score (nSPS) is 15.4. The molecular formula is C10H12ClN7. The first kappa shape index (κ1) is 11.3. The van der Waals surface area contributed by atoms with Gasteiger partial charge in [0.25, 0.3) is 5.95 Å². The molecule has 0 aromatic carbocycles. The van der Waals surface area contributed by atoms with E-state index in [4.69, 9.17) is 11.6 Å². The number of halogens is 1. The predicted octanol–water partition coefficient (Wildman–Crippen LogP) is 1.32. The first-order valence-corrected chi connectivity index (χ1v) is 6.19. The van der Waals surface area contributed by atoms with Gasteiger partial charge in [-0.1, -0.05) is 6.42 Å². The second-order valence-electron chi connectivity index (χ2n) is 4.25. The third kappa shape index (κ3) is 2.40. The monoisotopic (exact) mass is 265 g/mol. The molecule has 0 radical (unpaired) electrons. The molecule has 1 N–H and O–H groups in total. The summed E-state index contributed by atoms with van der Waals surface area (Å²) >= 11 is 5.87. The van der Waals surface area contributed by atoms with Gasteiger partial charge in [-0.05, 0) is 30.4 Å². The number of hydrogen-bond donors (Lipinski definition) is 1. The number of rotatable bonds is 4. The Morgan fingerprint density at radius 3 is 2.89 bits per heavy atom. The molecule has 1 fully saturated rings. The maximum Gasteiger partial charge on any atom is 0.258 e. The van der Waals surface area contributed by atoms with Crippen LogP contribution >= 0.6 is 11.6 Å². The van der Waals surface area contributed by atoms with Gasteiger partial charge in [0, 0.05) is 6.54 Å². The highest BCUT2D eigenvalue weighted by molar-refractivity contribution is 6.28. The van der Waals surface area contributed by atoms with Gasteiger partial charge in [0.2, 0.25) is 11.2 Å². The van der Waals surface area contributed by atoms with Gasteiger partial charge in [-0.3, -0.25) is 0 Å². The fourth-order valence-electron chi connectivity index (χ4n) is 1.77. The second kappa shape index (κ2) is 4.85. The standard InChI is InChI=1S/C10H12ClN7/c11-8-15-9(13-4-7-2-1-3-7)17-10(16-8)18-6-12-5-14-18/h5-7H,1-4H2,(H,13,15,16,17). The molecule has 1 saturated carbocycles. The largest absolute Gasteiger partial charge is 0.354 e. The van der Waals surface area contributed by atoms with E-state index in [1.165, 1.54) is 36.6 Å². The summed E-state index contributed by atoms with van der Waals surface area (Å²) in [7, 11) is 0. The molecule has 18 heavy (non-hydrogen) atoms. The Balaban J connectivity index is 1.77. The van der Waals surface area contributed by atoms with Crippen molar-refractivity contribution in [3.63, 3.8) is 0 Å². The zero-order valence-corrected chi connectivity index (χ0v) is 10.4. The Morgan fingerprint density at radius 2 is 2.22 bits per heavy atom. The van der Waals surface area contributed by atoms with Gasteiger partial charge in [-0.15, -0.1) is 0 Å². The van der Waals surface area contributed by atoms with E-state index in [0.717, 1.165) is 12.5 Å². The second-order valence-corrected chi connectivity index (χ2v) is 4.58. The van der Waals surface area contributed by atoms with Crippen molar-refractivity contribution in [1.29, 1.82) is 0 Å². The molecule has 2 heterocycles. The number of anilines is 1. The molecule has 0 saturated heterocycles. The molecular weight excluding hydrogens is 254 g/mol. The Bertz CT molecular complexity index is 523. The zero-order chi connectivity index (χ0) is 12.4. The molecule has 7 nitrogen and oxygen atoms in total. The maximum absolute atomic E-state index is 5.87. The summed E-state index contributed by atoms with van der Waals surface area (Å²) in [4.78, 5) is 16.1. The molecule has 0 unspecified atom stereocenters. The number of hydrogen-bond acceptors (Lipinski definition) is 6. The average Bonchev–Trinajstić information content (AvgIpc) is 2.79. The van der Waals surface area contributed by atoms with Crippen molar-refractivity contribution in [3.8, 4) is 5.95 Å². The number of aromatic nitrogens is 6. The van der Waals surface area contributed by atoms with Crippen LogP contribution in [-0.4, -0.2) is 36.3 Å². The summed E-state index contributed by atoms with van der Waals surface area (Å²) in [5.41, 5.74) is 0. The van der Waals surface area contributed by atoms with Crippen LogP contribution in [0, 0.1) is 5.92 Å². The summed E-state index contributed by atoms with van der Waals surface area (Å²) in [5, 5.41) is 7.28. The molecule has 1 aliphatic carbocycles. The van der Waals surface area contributed by atoms with Gasteiger partial charge in [-0.25, -0.2) is 4.98 Å². The minimum absolute atomic E-state index is 0.145. The highest BCUT2D eigenvalue weighted by Crippen LogP contribution is 2.26. The molecule has 0 aliphatic heterocycles. The van der Waals surface area contributed by atoms with Crippen molar-refractivity contribution >= 4 is 17.5 Å². The quantitative estimate of drug-likeness (QED) is 0.898. The summed E-state index contributed by atoms with van der Waals surface area (Å²) in [5.74, 6) is 1.56. The van der Waals surface area contributed by atoms with Crippen LogP contribution in [0.3, 0.4) is 0 Å². The van der Waals surface area contributed by atoms with Crippen LogP contribution in [0.5, 0.6) is 0 Å². The Labute approximate surface area is 109 Å². The van der Waals surface area contributed by atoms with E-state index in [-0.39, 0.29) is 5.28 Å². The van der Waals surface area contributed by atoms with E-state index in [9.17, 15) is 0 Å². The van der Waals surface area contributed by atoms with Crippen LogP contribution in [-0.2, 0) is 0 Å². The van der Waals surface area contributed by atoms with Crippen LogP contribution < -0.4 is 5.32 Å². The lowest BCUT2D eigenvalue weighted by Crippen LogP contribution is -2.22. The predicted molar refractivity (Wildman–Crippen MR) is 65.6 cm³/mol. The fourth-order valence-corrected chi connectivity index (χ4v) is 1.92. The molecule has 1 aliphatic rings. The van der Waals surface area contributed by atoms with Crippen LogP contribution in [0.1, 0.15) is 19.3 Å². The van der Waals surface area contributed by atoms with Crippen molar-refractivity contribution in [2.24, 2.45) is 5.92 Å². The summed E-state index contributed by atoms with van der Waals surface area (Å²) in [6.07, 6.45) is 6.78. The number of nitrogens with one attached hydrogen (secondary N) is 1. The highest BCUT2D eigenvalue weighted by Gasteiger charge is 2.17. The van der Waals surface area contributed by atoms with Crippen LogP contribution in [0.2, 0.25) is 5.28 Å². The third-order valence-electron chi connectivity index (χ3n) is 2.99. The fraction of sp³-hybridized carbons (Fsp3) is 0.500. The van der Waals surface area contributed by atoms with Crippen molar-refractivity contribution in [2.75, 3.05) is 11.9 Å². The molecule has 0 amide bonds. The van der Waals surface area contributed by atoms with E-state index in [1.807, 2.05) is 0 Å². The molecule has 3 rings (SSSR count). The Hall–Kier alpha value is -1.76. The SMILES string of the molecule is Clc1nc(NCC2CCC2)nc(-n2cncn2)n1. The summed E-state index contributed by atoms with van der Waals surface area (Å²) in [6, 6.07) is 0. The topological polar surface area (TPSA) is 81.4 Å². The maximum atomic E-state index is 5.87. The smallest absolute Gasteiger partial charge is 0.258 e. The van der Waals surface area contributed by atoms with Gasteiger partial charge >= 0.3 is 0 Å². The Kier molecular flexibility index (Phi) is 3.06. The first-order valence-electron chi connectivity index (χ1n) is 5.82. The minimum Gasteiger partial charge on any atom is -0.354 e. The van der Waals surface area contributed by atoms with Crippen molar-refractivity contribution in [1.82, 2.24) is 29.7 Å². The lowest BCUT2D eigenvalue weighted by Gasteiger charge is -2.25. The highest BCUT2D eigenvalue weighted by atomic mass is 35.5. The lowest BCUT2D eigenvalue weighted by molar-refractivity contribution is 0.333. The third-order valence-corrected chi connectivity index (χ3v) is 3.16. The molecule has 0 bridgehead atoms. The van der Waals surface area contributed by atoms with Gasteiger partial charge < -0.3 is 5.32 Å². The summed E-state index contributed by atoms with van der Waals surface area (Å²) in [6.45, 7) is 0.872. The minimum atomic E-state index is 0.145. The van der Waals surface area contributed by atoms with Crippen molar-refractivity contribution in [2.45, 2.75) is 19.3 Å². The summed E-state index contributed by atoms with van der Waals surface area (Å²) < 4.78 is 1.45. The Morgan fingerprint density at radius 1 is 1.33 bits per heavy atom. The lowest BCUT2D eigenvalue weighted by atomic mass is 9.85. The first-order chi connectivity index (χ1) is 8.81. The van der Waals surface area contributed by atoms with E-state index in [2.05, 4.69) is 30.4 Å². The van der Waals surface area contributed by atoms with Crippen molar-refractivity contribution in [3.05, 3.63) is 17.9 Å². The van der Waals surface area contributed by atoms with Crippen LogP contribution in [0.15, 0.2) is 12.7 Å².